The number of epoxide rings is 1. The van der Waals surface area contributed by atoms with E-state index in [4.69, 9.17) is 0 Å². The minimum atomic E-state index is -0.256. The summed E-state index contributed by atoms with van der Waals surface area (Å²) in [5.74, 6) is -0.0606. The minimum absolute atomic E-state index is 0.110. The highest BCUT2D eigenvalue weighted by Gasteiger charge is 2.37. The first-order valence-corrected chi connectivity index (χ1v) is 2.90. The first kappa shape index (κ1) is 6.26. The van der Waals surface area contributed by atoms with Gasteiger partial charge in [-0.25, -0.2) is 4.79 Å². The first-order chi connectivity index (χ1) is 4.20. The zero-order valence-electron chi connectivity index (χ0n) is 5.22. The molecule has 1 fully saturated rings. The Kier molecular flexibility index (Phi) is 1.51. The lowest BCUT2D eigenvalue weighted by Gasteiger charge is -1.84. The maximum Gasteiger partial charge on any atom is 0.348 e. The van der Waals surface area contributed by atoms with Crippen molar-refractivity contribution in [3.05, 3.63) is 0 Å². The fraction of sp³-hybridized carbons (Fsp3) is 0.667. The van der Waals surface area contributed by atoms with E-state index >= 15 is 0 Å². The van der Waals surface area contributed by atoms with Crippen LogP contribution in [0.1, 0.15) is 19.8 Å². The Morgan fingerprint density at radius 2 is 2.33 bits per heavy atom. The topological polar surface area (TPSA) is 46.7 Å². The molecule has 0 N–H and O–H groups in total. The van der Waals surface area contributed by atoms with Gasteiger partial charge >= 0.3 is 5.97 Å². The number of rotatable bonds is 3. The lowest BCUT2D eigenvalue weighted by Crippen LogP contribution is -1.94. The highest BCUT2D eigenvalue weighted by atomic mass is 16.6. The van der Waals surface area contributed by atoms with Crippen molar-refractivity contribution in [1.29, 1.82) is 0 Å². The summed E-state index contributed by atoms with van der Waals surface area (Å²) in [5.41, 5.74) is 0. The molecule has 50 valence electrons. The van der Waals surface area contributed by atoms with E-state index < -0.39 is 0 Å². The third-order valence-electron chi connectivity index (χ3n) is 1.22. The molecule has 0 aromatic rings. The summed E-state index contributed by atoms with van der Waals surface area (Å²) in [6.45, 7) is 1.51. The average Bonchev–Trinajstić information content (AvgIpc) is 2.42. The molecular formula is C6H8O3. The second kappa shape index (κ2) is 2.17. The number of carbonyl (C=O) groups is 2. The van der Waals surface area contributed by atoms with Gasteiger partial charge in [0.1, 0.15) is 5.78 Å². The van der Waals surface area contributed by atoms with E-state index in [1.807, 2.05) is 0 Å². The molecule has 9 heavy (non-hydrogen) atoms. The molecule has 0 aliphatic carbocycles. The summed E-state index contributed by atoms with van der Waals surface area (Å²) < 4.78 is 4.48. The quantitative estimate of drug-likeness (QED) is 0.513. The molecule has 1 unspecified atom stereocenters. The van der Waals surface area contributed by atoms with E-state index in [0.717, 1.165) is 0 Å². The molecule has 0 amide bonds. The lowest BCUT2D eigenvalue weighted by atomic mass is 10.2. The van der Waals surface area contributed by atoms with Crippen molar-refractivity contribution in [1.82, 2.24) is 0 Å². The van der Waals surface area contributed by atoms with Crippen LogP contribution in [0.4, 0.5) is 0 Å². The molecule has 1 rings (SSSR count). The number of Topliss-reactive ketones (excluding diaryl/α,β-unsaturated/α-hetero) is 1. The Morgan fingerprint density at radius 3 is 2.67 bits per heavy atom. The van der Waals surface area contributed by atoms with Gasteiger partial charge in [0.2, 0.25) is 0 Å². The summed E-state index contributed by atoms with van der Waals surface area (Å²) in [7, 11) is 0. The van der Waals surface area contributed by atoms with Crippen molar-refractivity contribution in [2.75, 3.05) is 0 Å². The van der Waals surface area contributed by atoms with Crippen molar-refractivity contribution in [3.63, 3.8) is 0 Å². The molecule has 0 bridgehead atoms. The molecule has 0 aromatic heterocycles. The van der Waals surface area contributed by atoms with Crippen LogP contribution < -0.4 is 0 Å². The number of hydrogen-bond donors (Lipinski definition) is 0. The van der Waals surface area contributed by atoms with Gasteiger partial charge < -0.3 is 9.53 Å². The monoisotopic (exact) mass is 128 g/mol. The minimum Gasteiger partial charge on any atom is -0.448 e. The summed E-state index contributed by atoms with van der Waals surface area (Å²) in [6, 6.07) is 0. The standard InChI is InChI=1S/C6H8O3/c1-4(7)2-3-5-6(8)9-5/h5H,2-3H2,1H3. The smallest absolute Gasteiger partial charge is 0.348 e. The maximum absolute atomic E-state index is 10.3. The van der Waals surface area contributed by atoms with Crippen molar-refractivity contribution < 1.29 is 14.3 Å². The Hall–Kier alpha value is -0.860. The zero-order chi connectivity index (χ0) is 6.85. The van der Waals surface area contributed by atoms with E-state index in [-0.39, 0.29) is 17.9 Å². The van der Waals surface area contributed by atoms with Crippen LogP contribution in [0.3, 0.4) is 0 Å². The van der Waals surface area contributed by atoms with Crippen LogP contribution in [0.15, 0.2) is 0 Å². The summed E-state index contributed by atoms with van der Waals surface area (Å²) in [5, 5.41) is 0. The molecule has 1 aliphatic rings. The summed E-state index contributed by atoms with van der Waals surface area (Å²) in [6.07, 6.45) is 0.763. The van der Waals surface area contributed by atoms with Crippen LogP contribution in [0.25, 0.3) is 0 Å². The molecule has 3 nitrogen and oxygen atoms in total. The fourth-order valence-corrected chi connectivity index (χ4v) is 0.617. The van der Waals surface area contributed by atoms with E-state index in [1.165, 1.54) is 6.92 Å². The van der Waals surface area contributed by atoms with Gasteiger partial charge in [0.25, 0.3) is 0 Å². The fourth-order valence-electron chi connectivity index (χ4n) is 0.617. The first-order valence-electron chi connectivity index (χ1n) is 2.90. The molecular weight excluding hydrogens is 120 g/mol. The van der Waals surface area contributed by atoms with Crippen LogP contribution in [0, 0.1) is 0 Å². The van der Waals surface area contributed by atoms with Crippen LogP contribution in [0.2, 0.25) is 0 Å². The molecule has 0 aromatic carbocycles. The van der Waals surface area contributed by atoms with Gasteiger partial charge in [-0.05, 0) is 6.92 Å². The largest absolute Gasteiger partial charge is 0.448 e. The van der Waals surface area contributed by atoms with E-state index in [9.17, 15) is 9.59 Å². The predicted molar refractivity (Wildman–Crippen MR) is 29.8 cm³/mol. The van der Waals surface area contributed by atoms with Gasteiger partial charge in [-0.2, -0.15) is 0 Å². The predicted octanol–water partition coefficient (Wildman–Crippen LogP) is 0.281. The van der Waals surface area contributed by atoms with Crippen LogP contribution in [-0.4, -0.2) is 17.9 Å². The van der Waals surface area contributed by atoms with Crippen LogP contribution in [0.5, 0.6) is 0 Å². The number of ketones is 1. The second-order valence-electron chi connectivity index (χ2n) is 2.17. The zero-order valence-corrected chi connectivity index (χ0v) is 5.22. The molecule has 1 saturated heterocycles. The second-order valence-corrected chi connectivity index (χ2v) is 2.17. The van der Waals surface area contributed by atoms with Gasteiger partial charge in [0, 0.05) is 12.8 Å². The van der Waals surface area contributed by atoms with Gasteiger partial charge in [-0.1, -0.05) is 0 Å². The molecule has 0 saturated carbocycles. The molecule has 0 spiro atoms. The highest BCUT2D eigenvalue weighted by molar-refractivity contribution is 5.88. The Labute approximate surface area is 53.0 Å². The summed E-state index contributed by atoms with van der Waals surface area (Å²) in [4.78, 5) is 20.5. The van der Waals surface area contributed by atoms with Crippen molar-refractivity contribution in [3.8, 4) is 0 Å². The Balaban J connectivity index is 2.07. The SMILES string of the molecule is CC(=O)CCC1OC1=O. The number of ether oxygens (including phenoxy) is 1. The average molecular weight is 128 g/mol. The van der Waals surface area contributed by atoms with Gasteiger partial charge in [-0.3, -0.25) is 0 Å². The normalized spacial score (nSPS) is 23.2. The highest BCUT2D eigenvalue weighted by Crippen LogP contribution is 2.17. The molecule has 0 radical (unpaired) electrons. The van der Waals surface area contributed by atoms with Gasteiger partial charge in [0.15, 0.2) is 6.10 Å². The van der Waals surface area contributed by atoms with Crippen LogP contribution >= 0.6 is 0 Å². The third kappa shape index (κ3) is 1.83. The van der Waals surface area contributed by atoms with E-state index in [1.54, 1.807) is 0 Å². The van der Waals surface area contributed by atoms with Gasteiger partial charge in [0.05, 0.1) is 0 Å². The third-order valence-corrected chi connectivity index (χ3v) is 1.22. The lowest BCUT2D eigenvalue weighted by molar-refractivity contribution is -0.117. The van der Waals surface area contributed by atoms with Crippen molar-refractivity contribution >= 4 is 11.8 Å². The number of carbonyl (C=O) groups excluding carboxylic acids is 2. The van der Waals surface area contributed by atoms with Crippen molar-refractivity contribution in [2.45, 2.75) is 25.9 Å². The number of cyclic esters (lactones) is 1. The number of hydrogen-bond acceptors (Lipinski definition) is 3. The molecule has 3 heteroatoms. The Morgan fingerprint density at radius 1 is 1.78 bits per heavy atom. The summed E-state index contributed by atoms with van der Waals surface area (Å²) >= 11 is 0. The van der Waals surface area contributed by atoms with Crippen LogP contribution in [-0.2, 0) is 14.3 Å². The molecule has 1 aliphatic heterocycles. The van der Waals surface area contributed by atoms with E-state index in [2.05, 4.69) is 4.74 Å². The molecule has 1 atom stereocenters. The van der Waals surface area contributed by atoms with E-state index in [0.29, 0.717) is 12.8 Å². The Bertz CT molecular complexity index is 150. The maximum atomic E-state index is 10.3. The van der Waals surface area contributed by atoms with Gasteiger partial charge in [-0.15, -0.1) is 0 Å². The molecule has 1 heterocycles. The van der Waals surface area contributed by atoms with Crippen molar-refractivity contribution in [2.24, 2.45) is 0 Å².